The van der Waals surface area contributed by atoms with E-state index in [1.54, 1.807) is 17.8 Å². The van der Waals surface area contributed by atoms with Gasteiger partial charge in [-0.25, -0.2) is 4.98 Å². The number of carbonyl (C=O) groups is 2. The van der Waals surface area contributed by atoms with Crippen molar-refractivity contribution in [2.45, 2.75) is 45.7 Å². The highest BCUT2D eigenvalue weighted by Crippen LogP contribution is 2.30. The molecule has 0 spiro atoms. The number of piperidine rings is 1. The van der Waals surface area contributed by atoms with Gasteiger partial charge in [0.15, 0.2) is 0 Å². The molecule has 0 aliphatic carbocycles. The number of halogens is 1. The number of aryl methyl sites for hydroxylation is 1. The average molecular weight is 476 g/mol. The summed E-state index contributed by atoms with van der Waals surface area (Å²) in [7, 11) is 0. The fourth-order valence-corrected chi connectivity index (χ4v) is 4.49. The van der Waals surface area contributed by atoms with Gasteiger partial charge in [-0.05, 0) is 50.5 Å². The van der Waals surface area contributed by atoms with E-state index < -0.39 is 0 Å². The topological polar surface area (TPSA) is 80.1 Å². The van der Waals surface area contributed by atoms with Gasteiger partial charge in [0, 0.05) is 36.8 Å². The summed E-state index contributed by atoms with van der Waals surface area (Å²) >= 11 is 6.36. The summed E-state index contributed by atoms with van der Waals surface area (Å²) in [6.45, 7) is 6.07. The first kappa shape index (κ1) is 23.5. The number of amides is 2. The van der Waals surface area contributed by atoms with Crippen LogP contribution in [-0.2, 0) is 4.79 Å². The van der Waals surface area contributed by atoms with Crippen LogP contribution < -0.4 is 5.32 Å². The van der Waals surface area contributed by atoms with Crippen LogP contribution in [0, 0.1) is 18.8 Å². The standard InChI is InChI=1S/C26H26ClN5O2/c1-17-13-21(10-9-20-7-5-4-6-8-20)15-28-25(17)30-26(34)24-23(27)16-29-32(24)22-11-12-31(19(3)33)18(2)14-22/h4-8,13,15-16,18,22H,11-12,14H2,1-3H3,(H,28,30,34)/t18-,22+/m0/s1. The van der Waals surface area contributed by atoms with Crippen molar-refractivity contribution in [3.05, 3.63) is 76.2 Å². The molecule has 174 valence electrons. The van der Waals surface area contributed by atoms with Crippen molar-refractivity contribution >= 4 is 29.2 Å². The third-order valence-corrected chi connectivity index (χ3v) is 6.28. The summed E-state index contributed by atoms with van der Waals surface area (Å²) in [5.74, 6) is 6.33. The average Bonchev–Trinajstić information content (AvgIpc) is 3.21. The lowest BCUT2D eigenvalue weighted by atomic mass is 9.98. The van der Waals surface area contributed by atoms with Crippen LogP contribution in [0.25, 0.3) is 0 Å². The van der Waals surface area contributed by atoms with Gasteiger partial charge in [0.2, 0.25) is 5.91 Å². The maximum Gasteiger partial charge on any atom is 0.276 e. The minimum Gasteiger partial charge on any atom is -0.340 e. The van der Waals surface area contributed by atoms with Gasteiger partial charge in [0.05, 0.1) is 17.3 Å². The summed E-state index contributed by atoms with van der Waals surface area (Å²) in [6, 6.07) is 11.6. The Morgan fingerprint density at radius 2 is 1.88 bits per heavy atom. The van der Waals surface area contributed by atoms with Crippen LogP contribution in [0.15, 0.2) is 48.8 Å². The van der Waals surface area contributed by atoms with E-state index in [0.717, 1.165) is 16.7 Å². The van der Waals surface area contributed by atoms with Gasteiger partial charge in [-0.2, -0.15) is 5.10 Å². The molecule has 1 N–H and O–H groups in total. The third kappa shape index (κ3) is 5.13. The first-order valence-corrected chi connectivity index (χ1v) is 11.6. The highest BCUT2D eigenvalue weighted by molar-refractivity contribution is 6.34. The molecule has 4 rings (SSSR count). The number of benzene rings is 1. The van der Waals surface area contributed by atoms with E-state index in [1.165, 1.54) is 6.20 Å². The molecule has 1 aromatic carbocycles. The number of anilines is 1. The van der Waals surface area contributed by atoms with Crippen LogP contribution in [0.1, 0.15) is 59.9 Å². The molecular formula is C26H26ClN5O2. The van der Waals surface area contributed by atoms with Gasteiger partial charge in [0.1, 0.15) is 11.5 Å². The number of nitrogens with one attached hydrogen (secondary N) is 1. The van der Waals surface area contributed by atoms with Crippen molar-refractivity contribution in [1.82, 2.24) is 19.7 Å². The predicted octanol–water partition coefficient (Wildman–Crippen LogP) is 4.46. The Balaban J connectivity index is 1.50. The SMILES string of the molecule is CC(=O)N1CC[C@@H](n2ncc(Cl)c2C(=O)Nc2ncc(C#Cc3ccccc3)cc2C)C[C@@H]1C. The second kappa shape index (κ2) is 10.1. The van der Waals surface area contributed by atoms with Crippen LogP contribution in [0.4, 0.5) is 5.82 Å². The summed E-state index contributed by atoms with van der Waals surface area (Å²) in [5.41, 5.74) is 2.76. The van der Waals surface area contributed by atoms with Crippen molar-refractivity contribution in [3.8, 4) is 11.8 Å². The number of carbonyl (C=O) groups excluding carboxylic acids is 2. The first-order chi connectivity index (χ1) is 16.3. The molecule has 2 aromatic heterocycles. The summed E-state index contributed by atoms with van der Waals surface area (Å²) < 4.78 is 1.68. The molecule has 2 amide bonds. The zero-order chi connectivity index (χ0) is 24.2. The molecule has 3 aromatic rings. The first-order valence-electron chi connectivity index (χ1n) is 11.2. The van der Waals surface area contributed by atoms with E-state index >= 15 is 0 Å². The number of likely N-dealkylation sites (tertiary alicyclic amines) is 1. The van der Waals surface area contributed by atoms with Crippen molar-refractivity contribution < 1.29 is 9.59 Å². The van der Waals surface area contributed by atoms with Gasteiger partial charge < -0.3 is 10.2 Å². The smallest absolute Gasteiger partial charge is 0.276 e. The number of nitrogens with zero attached hydrogens (tertiary/aromatic N) is 4. The molecule has 1 aliphatic heterocycles. The zero-order valence-electron chi connectivity index (χ0n) is 19.4. The Morgan fingerprint density at radius 3 is 2.56 bits per heavy atom. The number of aromatic nitrogens is 3. The van der Waals surface area contributed by atoms with E-state index in [1.807, 2.05) is 55.1 Å². The molecule has 8 heteroatoms. The molecule has 0 radical (unpaired) electrons. The maximum absolute atomic E-state index is 13.2. The minimum absolute atomic E-state index is 0.0245. The maximum atomic E-state index is 13.2. The van der Waals surface area contributed by atoms with E-state index in [4.69, 9.17) is 11.6 Å². The van der Waals surface area contributed by atoms with Crippen molar-refractivity contribution in [3.63, 3.8) is 0 Å². The Morgan fingerprint density at radius 1 is 1.15 bits per heavy atom. The summed E-state index contributed by atoms with van der Waals surface area (Å²) in [4.78, 5) is 31.2. The normalized spacial score (nSPS) is 17.6. The number of hydrogen-bond acceptors (Lipinski definition) is 4. The van der Waals surface area contributed by atoms with Gasteiger partial charge in [-0.3, -0.25) is 14.3 Å². The lowest BCUT2D eigenvalue weighted by molar-refractivity contribution is -0.132. The number of hydrogen-bond donors (Lipinski definition) is 1. The van der Waals surface area contributed by atoms with Crippen LogP contribution in [0.2, 0.25) is 5.02 Å². The highest BCUT2D eigenvalue weighted by Gasteiger charge is 2.31. The zero-order valence-corrected chi connectivity index (χ0v) is 20.1. The monoisotopic (exact) mass is 475 g/mol. The minimum atomic E-state index is -0.372. The molecule has 1 saturated heterocycles. The van der Waals surface area contributed by atoms with Gasteiger partial charge in [0.25, 0.3) is 5.91 Å². The van der Waals surface area contributed by atoms with E-state index in [9.17, 15) is 9.59 Å². The molecule has 1 aliphatic rings. The quantitative estimate of drug-likeness (QED) is 0.567. The summed E-state index contributed by atoms with van der Waals surface area (Å²) in [6.07, 6.45) is 4.52. The third-order valence-electron chi connectivity index (χ3n) is 6.00. The van der Waals surface area contributed by atoms with Crippen LogP contribution in [0.5, 0.6) is 0 Å². The highest BCUT2D eigenvalue weighted by atomic mass is 35.5. The Kier molecular flexibility index (Phi) is 6.99. The Labute approximate surface area is 204 Å². The van der Waals surface area contributed by atoms with Crippen LogP contribution in [0.3, 0.4) is 0 Å². The second-order valence-corrected chi connectivity index (χ2v) is 8.89. The molecule has 3 heterocycles. The second-order valence-electron chi connectivity index (χ2n) is 8.48. The van der Waals surface area contributed by atoms with Crippen LogP contribution >= 0.6 is 11.6 Å². The molecule has 0 saturated carbocycles. The van der Waals surface area contributed by atoms with Crippen molar-refractivity contribution in [2.75, 3.05) is 11.9 Å². The van der Waals surface area contributed by atoms with E-state index in [2.05, 4.69) is 27.2 Å². The van der Waals surface area contributed by atoms with Gasteiger partial charge in [-0.1, -0.05) is 41.6 Å². The van der Waals surface area contributed by atoms with E-state index in [0.29, 0.717) is 30.9 Å². The molecule has 34 heavy (non-hydrogen) atoms. The predicted molar refractivity (Wildman–Crippen MR) is 132 cm³/mol. The lowest BCUT2D eigenvalue weighted by Gasteiger charge is -2.37. The summed E-state index contributed by atoms with van der Waals surface area (Å²) in [5, 5.41) is 7.52. The fraction of sp³-hybridized carbons (Fsp3) is 0.308. The molecule has 0 unspecified atom stereocenters. The van der Waals surface area contributed by atoms with Crippen molar-refractivity contribution in [2.24, 2.45) is 0 Å². The molecule has 2 atom stereocenters. The van der Waals surface area contributed by atoms with Gasteiger partial charge in [-0.15, -0.1) is 0 Å². The molecular weight excluding hydrogens is 450 g/mol. The lowest BCUT2D eigenvalue weighted by Crippen LogP contribution is -2.44. The molecule has 0 bridgehead atoms. The number of pyridine rings is 1. The Hall–Kier alpha value is -3.63. The van der Waals surface area contributed by atoms with Crippen molar-refractivity contribution in [1.29, 1.82) is 0 Å². The molecule has 1 fully saturated rings. The number of rotatable bonds is 3. The van der Waals surface area contributed by atoms with Gasteiger partial charge >= 0.3 is 0 Å². The van der Waals surface area contributed by atoms with Crippen LogP contribution in [-0.4, -0.2) is 44.1 Å². The molecule has 7 nitrogen and oxygen atoms in total. The largest absolute Gasteiger partial charge is 0.340 e. The fourth-order valence-electron chi connectivity index (χ4n) is 4.27. The van der Waals surface area contributed by atoms with E-state index in [-0.39, 0.29) is 28.9 Å². The Bertz CT molecular complexity index is 1280.